The van der Waals surface area contributed by atoms with Gasteiger partial charge in [0, 0.05) is 29.3 Å². The second-order valence-corrected chi connectivity index (χ2v) is 4.35. The molecule has 0 spiro atoms. The van der Waals surface area contributed by atoms with Gasteiger partial charge in [-0.3, -0.25) is 15.1 Å². The molecule has 6 nitrogen and oxygen atoms in total. The zero-order chi connectivity index (χ0) is 15.2. The van der Waals surface area contributed by atoms with Crippen molar-refractivity contribution in [1.29, 1.82) is 0 Å². The Hall–Kier alpha value is -2.78. The van der Waals surface area contributed by atoms with Gasteiger partial charge in [0.15, 0.2) is 0 Å². The molecule has 1 amide bonds. The smallest absolute Gasteiger partial charge is 0.259 e. The molecule has 21 heavy (non-hydrogen) atoms. The first-order valence-corrected chi connectivity index (χ1v) is 6.27. The van der Waals surface area contributed by atoms with E-state index in [1.807, 2.05) is 19.9 Å². The summed E-state index contributed by atoms with van der Waals surface area (Å²) in [6, 6.07) is 3.41. The lowest BCUT2D eigenvalue weighted by Gasteiger charge is -2.05. The fraction of sp³-hybridized carbons (Fsp3) is 0.200. The van der Waals surface area contributed by atoms with Gasteiger partial charge in [-0.15, -0.1) is 0 Å². The summed E-state index contributed by atoms with van der Waals surface area (Å²) in [7, 11) is 0. The molecule has 2 rings (SSSR count). The third kappa shape index (κ3) is 4.09. The minimum atomic E-state index is -0.361. The number of nitrogens with one attached hydrogen (secondary N) is 1. The summed E-state index contributed by atoms with van der Waals surface area (Å²) >= 11 is 0. The van der Waals surface area contributed by atoms with E-state index in [2.05, 4.69) is 32.1 Å². The normalized spacial score (nSPS) is 9.67. The number of carbonyl (C=O) groups is 1. The van der Waals surface area contributed by atoms with Crippen molar-refractivity contribution >= 4 is 11.9 Å². The monoisotopic (exact) mass is 282 g/mol. The predicted octanol–water partition coefficient (Wildman–Crippen LogP) is 1.08. The van der Waals surface area contributed by atoms with Gasteiger partial charge in [-0.1, -0.05) is 11.8 Å². The van der Waals surface area contributed by atoms with E-state index in [1.165, 1.54) is 12.4 Å². The van der Waals surface area contributed by atoms with E-state index in [0.717, 1.165) is 11.4 Å². The molecular formula is C15H14N4O2. The van der Waals surface area contributed by atoms with E-state index in [0.29, 0.717) is 11.1 Å². The number of aliphatic hydroxyl groups excluding tert-OH is 1. The first-order chi connectivity index (χ1) is 10.1. The van der Waals surface area contributed by atoms with Gasteiger partial charge in [0.1, 0.15) is 6.61 Å². The summed E-state index contributed by atoms with van der Waals surface area (Å²) in [6.45, 7) is 3.42. The maximum atomic E-state index is 12.1. The maximum Gasteiger partial charge on any atom is 0.259 e. The highest BCUT2D eigenvalue weighted by Gasteiger charge is 2.09. The van der Waals surface area contributed by atoms with Gasteiger partial charge in [0.25, 0.3) is 5.91 Å². The summed E-state index contributed by atoms with van der Waals surface area (Å²) < 4.78 is 0. The third-order valence-electron chi connectivity index (χ3n) is 2.52. The van der Waals surface area contributed by atoms with Gasteiger partial charge in [-0.25, -0.2) is 9.97 Å². The molecule has 0 unspecified atom stereocenters. The predicted molar refractivity (Wildman–Crippen MR) is 77.7 cm³/mol. The second-order valence-electron chi connectivity index (χ2n) is 4.35. The van der Waals surface area contributed by atoms with Crippen molar-refractivity contribution in [1.82, 2.24) is 15.0 Å². The van der Waals surface area contributed by atoms with Crippen LogP contribution in [0, 0.1) is 25.7 Å². The van der Waals surface area contributed by atoms with Crippen molar-refractivity contribution < 1.29 is 9.90 Å². The van der Waals surface area contributed by atoms with E-state index in [9.17, 15) is 4.79 Å². The first-order valence-electron chi connectivity index (χ1n) is 6.27. The zero-order valence-electron chi connectivity index (χ0n) is 11.7. The van der Waals surface area contributed by atoms with Crippen LogP contribution >= 0.6 is 0 Å². The quantitative estimate of drug-likeness (QED) is 0.805. The molecule has 0 aliphatic heterocycles. The number of aryl methyl sites for hydroxylation is 2. The highest BCUT2D eigenvalue weighted by atomic mass is 16.2. The number of carbonyl (C=O) groups excluding carboxylic acids is 1. The number of rotatable bonds is 2. The molecule has 0 atom stereocenters. The van der Waals surface area contributed by atoms with Crippen LogP contribution in [0.4, 0.5) is 5.95 Å². The molecule has 0 radical (unpaired) electrons. The average Bonchev–Trinajstić information content (AvgIpc) is 2.44. The van der Waals surface area contributed by atoms with Crippen LogP contribution in [0.2, 0.25) is 0 Å². The number of aromatic nitrogens is 3. The van der Waals surface area contributed by atoms with E-state index < -0.39 is 0 Å². The zero-order valence-corrected chi connectivity index (χ0v) is 11.7. The summed E-state index contributed by atoms with van der Waals surface area (Å²) in [5.41, 5.74) is 2.46. The molecule has 2 aromatic rings. The van der Waals surface area contributed by atoms with E-state index in [-0.39, 0.29) is 18.5 Å². The number of pyridine rings is 1. The van der Waals surface area contributed by atoms with E-state index in [4.69, 9.17) is 5.11 Å². The standard InChI is InChI=1S/C15H14N4O2/c1-10-6-11(2)18-15(17-10)19-14(21)13-7-12(4-3-5-20)8-16-9-13/h6-9,20H,5H2,1-2H3,(H,17,18,19,21). The Morgan fingerprint density at radius 3 is 2.62 bits per heavy atom. The molecular weight excluding hydrogens is 268 g/mol. The van der Waals surface area contributed by atoms with Crippen LogP contribution in [-0.4, -0.2) is 32.6 Å². The van der Waals surface area contributed by atoms with Gasteiger partial charge in [-0.2, -0.15) is 0 Å². The molecule has 0 bridgehead atoms. The highest BCUT2D eigenvalue weighted by molar-refractivity contribution is 6.03. The van der Waals surface area contributed by atoms with Gasteiger partial charge in [0.05, 0.1) is 5.56 Å². The molecule has 106 valence electrons. The number of anilines is 1. The minimum absolute atomic E-state index is 0.243. The first kappa shape index (κ1) is 14.6. The fourth-order valence-corrected chi connectivity index (χ4v) is 1.73. The number of amides is 1. The summed E-state index contributed by atoms with van der Waals surface area (Å²) in [5.74, 6) is 5.10. The molecule has 0 saturated heterocycles. The third-order valence-corrected chi connectivity index (χ3v) is 2.52. The van der Waals surface area contributed by atoms with Crippen molar-refractivity contribution in [3.05, 3.63) is 47.0 Å². The lowest BCUT2D eigenvalue weighted by atomic mass is 10.2. The summed E-state index contributed by atoms with van der Waals surface area (Å²) in [6.07, 6.45) is 2.95. The molecule has 0 saturated carbocycles. The number of nitrogens with zero attached hydrogens (tertiary/aromatic N) is 3. The van der Waals surface area contributed by atoms with Crippen LogP contribution in [0.1, 0.15) is 27.3 Å². The van der Waals surface area contributed by atoms with Gasteiger partial charge < -0.3 is 5.11 Å². The number of hydrogen-bond acceptors (Lipinski definition) is 5. The van der Waals surface area contributed by atoms with Gasteiger partial charge in [0.2, 0.25) is 5.95 Å². The molecule has 0 aliphatic carbocycles. The number of hydrogen-bond donors (Lipinski definition) is 2. The van der Waals surface area contributed by atoms with Crippen LogP contribution < -0.4 is 5.32 Å². The molecule has 2 aromatic heterocycles. The Balaban J connectivity index is 2.20. The highest BCUT2D eigenvalue weighted by Crippen LogP contribution is 2.07. The SMILES string of the molecule is Cc1cc(C)nc(NC(=O)c2cncc(C#CCO)c2)n1. The molecule has 0 fully saturated rings. The molecule has 6 heteroatoms. The van der Waals surface area contributed by atoms with E-state index >= 15 is 0 Å². The molecule has 0 aromatic carbocycles. The topological polar surface area (TPSA) is 88.0 Å². The van der Waals surface area contributed by atoms with Crippen LogP contribution in [0.25, 0.3) is 0 Å². The molecule has 2 N–H and O–H groups in total. The Morgan fingerprint density at radius 1 is 1.24 bits per heavy atom. The van der Waals surface area contributed by atoms with Crippen LogP contribution in [0.3, 0.4) is 0 Å². The fourth-order valence-electron chi connectivity index (χ4n) is 1.73. The van der Waals surface area contributed by atoms with Crippen LogP contribution in [-0.2, 0) is 0 Å². The van der Waals surface area contributed by atoms with Crippen molar-refractivity contribution in [2.75, 3.05) is 11.9 Å². The van der Waals surface area contributed by atoms with Crippen molar-refractivity contribution in [2.24, 2.45) is 0 Å². The number of aliphatic hydroxyl groups is 1. The lowest BCUT2D eigenvalue weighted by Crippen LogP contribution is -2.15. The Kier molecular flexibility index (Phi) is 4.59. The van der Waals surface area contributed by atoms with Gasteiger partial charge in [-0.05, 0) is 26.0 Å². The maximum absolute atomic E-state index is 12.1. The van der Waals surface area contributed by atoms with Crippen LogP contribution in [0.15, 0.2) is 24.5 Å². The van der Waals surface area contributed by atoms with E-state index in [1.54, 1.807) is 6.07 Å². The van der Waals surface area contributed by atoms with Crippen molar-refractivity contribution in [2.45, 2.75) is 13.8 Å². The second kappa shape index (κ2) is 6.59. The van der Waals surface area contributed by atoms with Gasteiger partial charge >= 0.3 is 0 Å². The minimum Gasteiger partial charge on any atom is -0.384 e. The summed E-state index contributed by atoms with van der Waals surface area (Å²) in [4.78, 5) is 24.4. The Morgan fingerprint density at radius 2 is 1.95 bits per heavy atom. The average molecular weight is 282 g/mol. The molecule has 0 aliphatic rings. The van der Waals surface area contributed by atoms with Crippen molar-refractivity contribution in [3.63, 3.8) is 0 Å². The largest absolute Gasteiger partial charge is 0.384 e. The van der Waals surface area contributed by atoms with Crippen molar-refractivity contribution in [3.8, 4) is 11.8 Å². The Labute approximate surface area is 122 Å². The lowest BCUT2D eigenvalue weighted by molar-refractivity contribution is 0.102. The summed E-state index contributed by atoms with van der Waals surface area (Å²) in [5, 5.41) is 11.3. The Bertz CT molecular complexity index is 712. The molecule has 2 heterocycles. The van der Waals surface area contributed by atoms with Crippen LogP contribution in [0.5, 0.6) is 0 Å².